The normalized spacial score (nSPS) is 11.6. The quantitative estimate of drug-likeness (QED) is 0.770. The van der Waals surface area contributed by atoms with Crippen LogP contribution in [0.25, 0.3) is 0 Å². The summed E-state index contributed by atoms with van der Waals surface area (Å²) in [4.78, 5) is 0.315. The largest absolute Gasteiger partial charge is 0.611 e. The summed E-state index contributed by atoms with van der Waals surface area (Å²) >= 11 is -0.157. The van der Waals surface area contributed by atoms with Gasteiger partial charge in [-0.15, -0.1) is 0 Å². The van der Waals surface area contributed by atoms with Gasteiger partial charge in [0, 0.05) is 0 Å². The number of hydrogen-bond acceptors (Lipinski definition) is 5. The molecule has 4 nitrogen and oxygen atoms in total. The summed E-state index contributed by atoms with van der Waals surface area (Å²) in [5.41, 5.74) is 0.239. The maximum absolute atomic E-state index is 11.7. The van der Waals surface area contributed by atoms with Crippen LogP contribution in [0.3, 0.4) is 0 Å². The van der Waals surface area contributed by atoms with Crippen LogP contribution >= 0.6 is 11.3 Å². The molecule has 84 valence electrons. The Labute approximate surface area is 101 Å². The van der Waals surface area contributed by atoms with Crippen LogP contribution in [0.4, 0.5) is 0 Å². The average Bonchev–Trinajstić information content (AvgIpc) is 2.66. The van der Waals surface area contributed by atoms with Gasteiger partial charge in [-0.2, -0.15) is 10.5 Å². The SMILES string of the molecule is CCOc1c(C#N)sc([S+]([O-])CC)c1C#N. The maximum Gasteiger partial charge on any atom is 0.229 e. The molecule has 0 aliphatic rings. The first-order chi connectivity index (χ1) is 7.69. The van der Waals surface area contributed by atoms with E-state index in [0.717, 1.165) is 11.3 Å². The molecule has 0 bridgehead atoms. The second kappa shape index (κ2) is 5.76. The third kappa shape index (κ3) is 2.30. The lowest BCUT2D eigenvalue weighted by Crippen LogP contribution is -2.03. The van der Waals surface area contributed by atoms with E-state index in [4.69, 9.17) is 15.3 Å². The molecule has 6 heteroatoms. The Morgan fingerprint density at radius 1 is 1.38 bits per heavy atom. The number of nitrogens with zero attached hydrogens (tertiary/aromatic N) is 2. The topological polar surface area (TPSA) is 79.9 Å². The van der Waals surface area contributed by atoms with Crippen molar-refractivity contribution in [1.29, 1.82) is 10.5 Å². The highest BCUT2D eigenvalue weighted by molar-refractivity contribution is 7.93. The summed E-state index contributed by atoms with van der Waals surface area (Å²) in [6.07, 6.45) is 0. The number of nitriles is 2. The molecule has 1 aromatic heterocycles. The predicted octanol–water partition coefficient (Wildman–Crippen LogP) is 2.02. The summed E-state index contributed by atoms with van der Waals surface area (Å²) in [7, 11) is 0. The van der Waals surface area contributed by atoms with Crippen molar-refractivity contribution in [1.82, 2.24) is 0 Å². The molecule has 1 heterocycles. The zero-order valence-corrected chi connectivity index (χ0v) is 10.6. The van der Waals surface area contributed by atoms with Crippen LogP contribution in [0.15, 0.2) is 4.21 Å². The lowest BCUT2D eigenvalue weighted by atomic mass is 10.3. The fraction of sp³-hybridized carbons (Fsp3) is 0.400. The van der Waals surface area contributed by atoms with E-state index < -0.39 is 11.2 Å². The van der Waals surface area contributed by atoms with Gasteiger partial charge < -0.3 is 9.29 Å². The summed E-state index contributed by atoms with van der Waals surface area (Å²) in [6.45, 7) is 3.91. The van der Waals surface area contributed by atoms with Crippen LogP contribution in [0.1, 0.15) is 24.3 Å². The lowest BCUT2D eigenvalue weighted by Gasteiger charge is -2.05. The van der Waals surface area contributed by atoms with Gasteiger partial charge in [-0.25, -0.2) is 0 Å². The zero-order chi connectivity index (χ0) is 12.1. The number of ether oxygens (including phenoxy) is 1. The summed E-state index contributed by atoms with van der Waals surface area (Å²) in [5.74, 6) is 0.695. The highest BCUT2D eigenvalue weighted by Gasteiger charge is 2.26. The molecule has 1 unspecified atom stereocenters. The number of hydrogen-bond donors (Lipinski definition) is 0. The fourth-order valence-electron chi connectivity index (χ4n) is 1.14. The van der Waals surface area contributed by atoms with Crippen LogP contribution in [0.2, 0.25) is 0 Å². The Morgan fingerprint density at radius 2 is 2.06 bits per heavy atom. The van der Waals surface area contributed by atoms with Gasteiger partial charge in [-0.1, -0.05) is 11.3 Å². The standard InChI is InChI=1S/C10H10N2O2S2/c1-3-14-9-7(5-11)10(16(13)4-2)15-8(9)6-12/h3-4H2,1-2H3. The maximum atomic E-state index is 11.7. The predicted molar refractivity (Wildman–Crippen MR) is 61.9 cm³/mol. The first kappa shape index (κ1) is 12.9. The minimum atomic E-state index is -1.23. The van der Waals surface area contributed by atoms with Crippen molar-refractivity contribution >= 4 is 22.5 Å². The molecular formula is C10H10N2O2S2. The van der Waals surface area contributed by atoms with Gasteiger partial charge in [-0.3, -0.25) is 0 Å². The second-order valence-corrected chi connectivity index (χ2v) is 5.67. The Hall–Kier alpha value is -1.21. The third-order valence-corrected chi connectivity index (χ3v) is 4.62. The smallest absolute Gasteiger partial charge is 0.229 e. The van der Waals surface area contributed by atoms with Crippen molar-refractivity contribution in [3.63, 3.8) is 0 Å². The van der Waals surface area contributed by atoms with Crippen LogP contribution < -0.4 is 4.74 Å². The number of thiophene rings is 1. The first-order valence-electron chi connectivity index (χ1n) is 4.67. The Morgan fingerprint density at radius 3 is 2.50 bits per heavy atom. The second-order valence-electron chi connectivity index (χ2n) is 2.71. The minimum absolute atomic E-state index is 0.239. The van der Waals surface area contributed by atoms with E-state index in [-0.39, 0.29) is 11.3 Å². The van der Waals surface area contributed by atoms with Crippen molar-refractivity contribution < 1.29 is 9.29 Å². The van der Waals surface area contributed by atoms with Crippen molar-refractivity contribution in [2.24, 2.45) is 0 Å². The molecule has 0 radical (unpaired) electrons. The van der Waals surface area contributed by atoms with E-state index in [9.17, 15) is 4.55 Å². The van der Waals surface area contributed by atoms with E-state index in [1.165, 1.54) is 0 Å². The molecule has 0 saturated carbocycles. The Balaban J connectivity index is 3.32. The highest BCUT2D eigenvalue weighted by atomic mass is 32.2. The molecule has 0 aliphatic heterocycles. The lowest BCUT2D eigenvalue weighted by molar-refractivity contribution is 0.339. The van der Waals surface area contributed by atoms with Gasteiger partial charge in [0.2, 0.25) is 4.21 Å². The molecule has 1 aromatic rings. The van der Waals surface area contributed by atoms with Gasteiger partial charge in [-0.05, 0) is 25.0 Å². The van der Waals surface area contributed by atoms with Crippen LogP contribution in [-0.2, 0) is 11.2 Å². The molecule has 0 aliphatic carbocycles. The third-order valence-electron chi connectivity index (χ3n) is 1.80. The van der Waals surface area contributed by atoms with Crippen LogP contribution in [0.5, 0.6) is 5.75 Å². The number of rotatable bonds is 4. The minimum Gasteiger partial charge on any atom is -0.611 e. The molecule has 16 heavy (non-hydrogen) atoms. The molecule has 1 atom stereocenters. The summed E-state index contributed by atoms with van der Waals surface area (Å²) in [6, 6.07) is 3.92. The van der Waals surface area contributed by atoms with Crippen molar-refractivity contribution in [2.75, 3.05) is 12.4 Å². The Kier molecular flexibility index (Phi) is 4.63. The van der Waals surface area contributed by atoms with Gasteiger partial charge in [0.25, 0.3) is 0 Å². The molecule has 0 amide bonds. The molecule has 0 spiro atoms. The molecule has 0 saturated heterocycles. The summed E-state index contributed by atoms with van der Waals surface area (Å²) < 4.78 is 17.4. The molecule has 1 rings (SSSR count). The van der Waals surface area contributed by atoms with Crippen LogP contribution in [-0.4, -0.2) is 16.9 Å². The molecular weight excluding hydrogens is 244 g/mol. The van der Waals surface area contributed by atoms with Crippen molar-refractivity contribution in [3.8, 4) is 17.9 Å². The monoisotopic (exact) mass is 254 g/mol. The molecule has 0 N–H and O–H groups in total. The van der Waals surface area contributed by atoms with Gasteiger partial charge in [0.15, 0.2) is 16.2 Å². The van der Waals surface area contributed by atoms with E-state index >= 15 is 0 Å². The van der Waals surface area contributed by atoms with E-state index in [2.05, 4.69) is 0 Å². The summed E-state index contributed by atoms with van der Waals surface area (Å²) in [5, 5.41) is 17.9. The van der Waals surface area contributed by atoms with E-state index in [1.807, 2.05) is 12.1 Å². The first-order valence-corrected chi connectivity index (χ1v) is 6.81. The van der Waals surface area contributed by atoms with Gasteiger partial charge >= 0.3 is 0 Å². The average molecular weight is 254 g/mol. The van der Waals surface area contributed by atoms with E-state index in [1.54, 1.807) is 13.8 Å². The molecule has 0 fully saturated rings. The zero-order valence-electron chi connectivity index (χ0n) is 8.94. The fourth-order valence-corrected chi connectivity index (χ4v) is 3.47. The molecule has 0 aromatic carbocycles. The van der Waals surface area contributed by atoms with Gasteiger partial charge in [0.1, 0.15) is 17.9 Å². The van der Waals surface area contributed by atoms with Crippen molar-refractivity contribution in [3.05, 3.63) is 10.4 Å². The van der Waals surface area contributed by atoms with E-state index in [0.29, 0.717) is 21.4 Å². The van der Waals surface area contributed by atoms with Crippen molar-refractivity contribution in [2.45, 2.75) is 18.1 Å². The van der Waals surface area contributed by atoms with Gasteiger partial charge in [0.05, 0.1) is 6.61 Å². The highest BCUT2D eigenvalue weighted by Crippen LogP contribution is 2.37. The Bertz CT molecular complexity index is 457. The van der Waals surface area contributed by atoms with Crippen LogP contribution in [0, 0.1) is 22.7 Å².